The topological polar surface area (TPSA) is 80.2 Å². The number of piperidine rings is 1. The first-order valence-corrected chi connectivity index (χ1v) is 8.59. The molecule has 2 aromatic heterocycles. The van der Waals surface area contributed by atoms with Crippen LogP contribution in [0, 0.1) is 6.92 Å². The van der Waals surface area contributed by atoms with Crippen molar-refractivity contribution < 1.29 is 9.53 Å². The molecule has 1 atom stereocenters. The molecule has 0 radical (unpaired) electrons. The molecule has 1 amide bonds. The summed E-state index contributed by atoms with van der Waals surface area (Å²) in [7, 11) is 1.59. The van der Waals surface area contributed by atoms with Gasteiger partial charge >= 0.3 is 0 Å². The number of aryl methyl sites for hydroxylation is 1. The number of carbonyl (C=O) groups excluding carboxylic acids is 1. The molecule has 0 bridgehead atoms. The van der Waals surface area contributed by atoms with Crippen molar-refractivity contribution in [2.45, 2.75) is 32.2 Å². The van der Waals surface area contributed by atoms with Crippen molar-refractivity contribution in [1.29, 1.82) is 0 Å². The predicted octanol–water partition coefficient (Wildman–Crippen LogP) is 1.55. The zero-order valence-corrected chi connectivity index (χ0v) is 14.7. The third kappa shape index (κ3) is 3.99. The normalized spacial score (nSPS) is 17.7. The number of ether oxygens (including phenoxy) is 1. The highest BCUT2D eigenvalue weighted by Crippen LogP contribution is 2.26. The summed E-state index contributed by atoms with van der Waals surface area (Å²) in [5, 5.41) is 7.31. The molecule has 3 rings (SSSR count). The van der Waals surface area contributed by atoms with E-state index in [-0.39, 0.29) is 17.4 Å². The van der Waals surface area contributed by atoms with E-state index in [0.717, 1.165) is 30.8 Å². The van der Waals surface area contributed by atoms with Gasteiger partial charge in [0.05, 0.1) is 17.9 Å². The quantitative estimate of drug-likeness (QED) is 0.892. The molecule has 1 N–H and O–H groups in total. The van der Waals surface area contributed by atoms with Crippen molar-refractivity contribution in [3.8, 4) is 0 Å². The molecule has 1 fully saturated rings. The zero-order chi connectivity index (χ0) is 17.8. The average Bonchev–Trinajstić information content (AvgIpc) is 3.07. The van der Waals surface area contributed by atoms with Gasteiger partial charge in [-0.25, -0.2) is 0 Å². The first-order chi connectivity index (χ1) is 12.1. The van der Waals surface area contributed by atoms with Crippen molar-refractivity contribution in [2.24, 2.45) is 0 Å². The molecule has 2 aromatic rings. The number of amides is 1. The van der Waals surface area contributed by atoms with E-state index in [9.17, 15) is 9.59 Å². The Morgan fingerprint density at radius 3 is 3.00 bits per heavy atom. The highest BCUT2D eigenvalue weighted by atomic mass is 16.5. The Morgan fingerprint density at radius 2 is 2.28 bits per heavy atom. The van der Waals surface area contributed by atoms with E-state index in [1.165, 1.54) is 10.6 Å². The number of H-pyrrole nitrogens is 1. The summed E-state index contributed by atoms with van der Waals surface area (Å²) in [5.41, 5.74) is 2.45. The molecule has 1 saturated heterocycles. The van der Waals surface area contributed by atoms with Crippen molar-refractivity contribution in [3.63, 3.8) is 0 Å². The molecular weight excluding hydrogens is 320 g/mol. The lowest BCUT2D eigenvalue weighted by molar-refractivity contribution is 0.0704. The van der Waals surface area contributed by atoms with Crippen LogP contribution in [-0.2, 0) is 11.3 Å². The molecule has 134 valence electrons. The largest absolute Gasteiger partial charge is 0.383 e. The number of rotatable bonds is 5. The fourth-order valence-electron chi connectivity index (χ4n) is 3.26. The Kier molecular flexibility index (Phi) is 5.33. The minimum absolute atomic E-state index is 0.0388. The molecule has 0 saturated carbocycles. The van der Waals surface area contributed by atoms with E-state index in [4.69, 9.17) is 4.74 Å². The summed E-state index contributed by atoms with van der Waals surface area (Å²) in [4.78, 5) is 26.6. The van der Waals surface area contributed by atoms with Crippen LogP contribution in [-0.4, -0.2) is 52.4 Å². The number of likely N-dealkylation sites (tertiary alicyclic amines) is 1. The molecule has 3 heterocycles. The number of methoxy groups -OCH3 is 1. The Labute approximate surface area is 146 Å². The third-order valence-electron chi connectivity index (χ3n) is 4.62. The van der Waals surface area contributed by atoms with Crippen LogP contribution in [0.2, 0.25) is 0 Å². The van der Waals surface area contributed by atoms with Crippen LogP contribution >= 0.6 is 0 Å². The van der Waals surface area contributed by atoms with Gasteiger partial charge in [0.1, 0.15) is 0 Å². The maximum Gasteiger partial charge on any atom is 0.255 e. The number of aromatic amines is 1. The van der Waals surface area contributed by atoms with Crippen LogP contribution in [0.3, 0.4) is 0 Å². The predicted molar refractivity (Wildman–Crippen MR) is 93.8 cm³/mol. The van der Waals surface area contributed by atoms with E-state index in [0.29, 0.717) is 25.3 Å². The number of carbonyl (C=O) groups is 1. The van der Waals surface area contributed by atoms with Gasteiger partial charge in [0.2, 0.25) is 0 Å². The molecule has 1 aliphatic rings. The number of pyridine rings is 1. The van der Waals surface area contributed by atoms with E-state index in [1.54, 1.807) is 19.4 Å². The van der Waals surface area contributed by atoms with Crippen LogP contribution < -0.4 is 5.56 Å². The molecule has 0 aliphatic carbocycles. The van der Waals surface area contributed by atoms with Crippen LogP contribution in [0.5, 0.6) is 0 Å². The van der Waals surface area contributed by atoms with Gasteiger partial charge in [-0.15, -0.1) is 0 Å². The van der Waals surface area contributed by atoms with Gasteiger partial charge in [-0.05, 0) is 31.9 Å². The number of aromatic nitrogens is 3. The van der Waals surface area contributed by atoms with Crippen molar-refractivity contribution in [3.05, 3.63) is 51.7 Å². The minimum Gasteiger partial charge on any atom is -0.383 e. The summed E-state index contributed by atoms with van der Waals surface area (Å²) in [6.45, 7) is 4.23. The molecular formula is C18H24N4O3. The third-order valence-corrected chi connectivity index (χ3v) is 4.62. The van der Waals surface area contributed by atoms with Gasteiger partial charge in [-0.3, -0.25) is 14.7 Å². The van der Waals surface area contributed by atoms with Crippen molar-refractivity contribution >= 4 is 5.91 Å². The van der Waals surface area contributed by atoms with Gasteiger partial charge in [0.25, 0.3) is 11.5 Å². The van der Waals surface area contributed by atoms with E-state index >= 15 is 0 Å². The number of nitrogens with zero attached hydrogens (tertiary/aromatic N) is 3. The zero-order valence-electron chi connectivity index (χ0n) is 14.7. The Balaban J connectivity index is 1.75. The lowest BCUT2D eigenvalue weighted by Crippen LogP contribution is -2.39. The monoisotopic (exact) mass is 344 g/mol. The van der Waals surface area contributed by atoms with Gasteiger partial charge < -0.3 is 14.2 Å². The highest BCUT2D eigenvalue weighted by Gasteiger charge is 2.27. The first kappa shape index (κ1) is 17.4. The number of hydrogen-bond acceptors (Lipinski definition) is 4. The SMILES string of the molecule is COCCn1cc(C(=O)N2CCC[C@@H](c3cc(C)[nH]n3)C2)ccc1=O. The van der Waals surface area contributed by atoms with Crippen LogP contribution in [0.15, 0.2) is 29.2 Å². The highest BCUT2D eigenvalue weighted by molar-refractivity contribution is 5.94. The minimum atomic E-state index is -0.128. The molecule has 7 heteroatoms. The Hall–Kier alpha value is -2.41. The Bertz CT molecular complexity index is 796. The van der Waals surface area contributed by atoms with Gasteiger partial charge in [0.15, 0.2) is 0 Å². The summed E-state index contributed by atoms with van der Waals surface area (Å²) in [6.07, 6.45) is 3.61. The van der Waals surface area contributed by atoms with Gasteiger partial charge in [-0.2, -0.15) is 5.10 Å². The van der Waals surface area contributed by atoms with Crippen LogP contribution in [0.4, 0.5) is 0 Å². The van der Waals surface area contributed by atoms with E-state index in [2.05, 4.69) is 10.2 Å². The lowest BCUT2D eigenvalue weighted by atomic mass is 9.94. The second kappa shape index (κ2) is 7.65. The number of nitrogens with one attached hydrogen (secondary N) is 1. The van der Waals surface area contributed by atoms with Gasteiger partial charge in [-0.1, -0.05) is 0 Å². The fourth-order valence-corrected chi connectivity index (χ4v) is 3.26. The summed E-state index contributed by atoms with van der Waals surface area (Å²) in [6, 6.07) is 5.10. The maximum absolute atomic E-state index is 12.9. The molecule has 7 nitrogen and oxygen atoms in total. The molecule has 0 spiro atoms. The molecule has 0 unspecified atom stereocenters. The lowest BCUT2D eigenvalue weighted by Gasteiger charge is -2.32. The van der Waals surface area contributed by atoms with Crippen LogP contribution in [0.1, 0.15) is 40.5 Å². The summed E-state index contributed by atoms with van der Waals surface area (Å²) >= 11 is 0. The summed E-state index contributed by atoms with van der Waals surface area (Å²) < 4.78 is 6.54. The second-order valence-electron chi connectivity index (χ2n) is 6.51. The average molecular weight is 344 g/mol. The van der Waals surface area contributed by atoms with E-state index < -0.39 is 0 Å². The first-order valence-electron chi connectivity index (χ1n) is 8.59. The number of hydrogen-bond donors (Lipinski definition) is 1. The standard InChI is InChI=1S/C18H24N4O3/c1-13-10-16(20-19-13)14-4-3-7-22(11-14)18(24)15-5-6-17(23)21(12-15)8-9-25-2/h5-6,10,12,14H,3-4,7-9,11H2,1-2H3,(H,19,20)/t14-/m1/s1. The Morgan fingerprint density at radius 1 is 1.44 bits per heavy atom. The van der Waals surface area contributed by atoms with Crippen molar-refractivity contribution in [1.82, 2.24) is 19.7 Å². The maximum atomic E-state index is 12.9. The molecule has 25 heavy (non-hydrogen) atoms. The van der Waals surface area contributed by atoms with Crippen molar-refractivity contribution in [2.75, 3.05) is 26.8 Å². The fraction of sp³-hybridized carbons (Fsp3) is 0.500. The second-order valence-corrected chi connectivity index (χ2v) is 6.51. The smallest absolute Gasteiger partial charge is 0.255 e. The van der Waals surface area contributed by atoms with E-state index in [1.807, 2.05) is 17.9 Å². The molecule has 1 aliphatic heterocycles. The summed E-state index contributed by atoms with van der Waals surface area (Å²) in [5.74, 6) is 0.213. The van der Waals surface area contributed by atoms with Crippen LogP contribution in [0.25, 0.3) is 0 Å². The van der Waals surface area contributed by atoms with Gasteiger partial charge in [0, 0.05) is 50.6 Å². The molecule has 0 aromatic carbocycles.